The standard InChI is InChI=1S/C22H16N4O6S/c23-16-7-8-17-15(10-16)12-20(33(30,31)32)21(22(17)27)25-24-18-9-6-14(11-19(18)26(28)29)13-4-2-1-3-5-13/h1-12,27H,23H2,(H,30,31,32). The summed E-state index contributed by atoms with van der Waals surface area (Å²) in [5, 5.41) is 30.3. The number of hydrogen-bond donors (Lipinski definition) is 3. The molecule has 4 N–H and O–H groups in total. The lowest BCUT2D eigenvalue weighted by molar-refractivity contribution is -0.384. The first-order valence-electron chi connectivity index (χ1n) is 9.43. The van der Waals surface area contributed by atoms with Gasteiger partial charge in [-0.25, -0.2) is 0 Å². The van der Waals surface area contributed by atoms with E-state index in [0.717, 1.165) is 11.6 Å². The molecule has 4 aromatic rings. The van der Waals surface area contributed by atoms with Crippen molar-refractivity contribution in [3.8, 4) is 16.9 Å². The molecule has 0 saturated heterocycles. The summed E-state index contributed by atoms with van der Waals surface area (Å²) in [7, 11) is -4.82. The van der Waals surface area contributed by atoms with E-state index in [-0.39, 0.29) is 22.1 Å². The van der Waals surface area contributed by atoms with E-state index in [9.17, 15) is 28.2 Å². The maximum absolute atomic E-state index is 11.9. The van der Waals surface area contributed by atoms with E-state index >= 15 is 0 Å². The van der Waals surface area contributed by atoms with Crippen molar-refractivity contribution in [2.75, 3.05) is 5.73 Å². The van der Waals surface area contributed by atoms with Crippen LogP contribution in [0.2, 0.25) is 0 Å². The van der Waals surface area contributed by atoms with Crippen molar-refractivity contribution in [2.45, 2.75) is 4.90 Å². The Morgan fingerprint density at radius 2 is 1.64 bits per heavy atom. The number of nitro groups is 1. The number of anilines is 1. The minimum Gasteiger partial charge on any atom is -0.505 e. The van der Waals surface area contributed by atoms with Crippen LogP contribution in [0.4, 0.5) is 22.7 Å². The molecule has 4 aromatic carbocycles. The molecule has 0 aromatic heterocycles. The highest BCUT2D eigenvalue weighted by molar-refractivity contribution is 7.86. The number of phenolic OH excluding ortho intramolecular Hbond substituents is 1. The summed E-state index contributed by atoms with van der Waals surface area (Å²) in [5.74, 6) is -0.576. The maximum atomic E-state index is 11.9. The van der Waals surface area contributed by atoms with Crippen LogP contribution in [-0.2, 0) is 10.1 Å². The molecule has 0 aliphatic carbocycles. The van der Waals surface area contributed by atoms with Crippen LogP contribution in [0.15, 0.2) is 87.9 Å². The zero-order valence-electron chi connectivity index (χ0n) is 16.8. The number of nitrogens with two attached hydrogens (primary N) is 1. The van der Waals surface area contributed by atoms with E-state index in [1.54, 1.807) is 30.3 Å². The largest absolute Gasteiger partial charge is 0.505 e. The van der Waals surface area contributed by atoms with E-state index in [2.05, 4.69) is 10.2 Å². The Balaban J connectivity index is 1.87. The van der Waals surface area contributed by atoms with E-state index in [4.69, 9.17) is 5.73 Å². The number of hydrogen-bond acceptors (Lipinski definition) is 8. The zero-order chi connectivity index (χ0) is 23.8. The molecule has 0 radical (unpaired) electrons. The van der Waals surface area contributed by atoms with Crippen LogP contribution >= 0.6 is 0 Å². The van der Waals surface area contributed by atoms with Crippen molar-refractivity contribution in [3.63, 3.8) is 0 Å². The predicted octanol–water partition coefficient (Wildman–Crippen LogP) is 5.36. The van der Waals surface area contributed by atoms with Gasteiger partial charge in [-0.3, -0.25) is 14.7 Å². The molecule has 0 atom stereocenters. The molecule has 4 rings (SSSR count). The summed E-state index contributed by atoms with van der Waals surface area (Å²) in [6, 6.07) is 18.7. The summed E-state index contributed by atoms with van der Waals surface area (Å²) in [5.41, 5.74) is 6.24. The zero-order valence-corrected chi connectivity index (χ0v) is 17.6. The highest BCUT2D eigenvalue weighted by Gasteiger charge is 2.23. The monoisotopic (exact) mass is 464 g/mol. The number of azo groups is 1. The van der Waals surface area contributed by atoms with Crippen molar-refractivity contribution in [3.05, 3.63) is 82.9 Å². The molecule has 0 bridgehead atoms. The minimum absolute atomic E-state index is 0.169. The lowest BCUT2D eigenvalue weighted by Crippen LogP contribution is -1.99. The van der Waals surface area contributed by atoms with E-state index in [0.29, 0.717) is 11.3 Å². The number of phenols is 1. The van der Waals surface area contributed by atoms with Gasteiger partial charge in [0.25, 0.3) is 15.8 Å². The van der Waals surface area contributed by atoms with Gasteiger partial charge in [0.2, 0.25) is 0 Å². The second-order valence-electron chi connectivity index (χ2n) is 7.05. The van der Waals surface area contributed by atoms with Gasteiger partial charge >= 0.3 is 0 Å². The van der Waals surface area contributed by atoms with Gasteiger partial charge in [0, 0.05) is 17.1 Å². The highest BCUT2D eigenvalue weighted by atomic mass is 32.2. The molecule has 0 aliphatic rings. The van der Waals surface area contributed by atoms with Crippen LogP contribution in [0.3, 0.4) is 0 Å². The molecule has 11 heteroatoms. The van der Waals surface area contributed by atoms with E-state index < -0.39 is 31.4 Å². The van der Waals surface area contributed by atoms with Gasteiger partial charge < -0.3 is 10.8 Å². The SMILES string of the molecule is Nc1ccc2c(O)c(N=Nc3ccc(-c4ccccc4)cc3[N+](=O)[O-])c(S(=O)(=O)O)cc2c1. The third-order valence-electron chi connectivity index (χ3n) is 4.89. The van der Waals surface area contributed by atoms with Gasteiger partial charge in [0.05, 0.1) is 4.92 Å². The first-order valence-corrected chi connectivity index (χ1v) is 10.9. The van der Waals surface area contributed by atoms with Gasteiger partial charge in [-0.2, -0.15) is 8.42 Å². The predicted molar refractivity (Wildman–Crippen MR) is 123 cm³/mol. The molecule has 0 aliphatic heterocycles. The van der Waals surface area contributed by atoms with Crippen molar-refractivity contribution >= 4 is 43.6 Å². The van der Waals surface area contributed by atoms with Crippen molar-refractivity contribution in [1.82, 2.24) is 0 Å². The number of aromatic hydroxyl groups is 1. The lowest BCUT2D eigenvalue weighted by Gasteiger charge is -2.09. The molecule has 0 saturated carbocycles. The second-order valence-corrected chi connectivity index (χ2v) is 8.44. The van der Waals surface area contributed by atoms with Gasteiger partial charge in [-0.15, -0.1) is 10.2 Å². The molecule has 10 nitrogen and oxygen atoms in total. The topological polar surface area (TPSA) is 168 Å². The molecule has 0 amide bonds. The Labute approximate surface area is 187 Å². The molecule has 33 heavy (non-hydrogen) atoms. The Hall–Kier alpha value is -4.35. The molecule has 0 heterocycles. The molecule has 0 fully saturated rings. The fourth-order valence-electron chi connectivity index (χ4n) is 3.33. The van der Waals surface area contributed by atoms with Crippen LogP contribution in [0.25, 0.3) is 21.9 Å². The second kappa shape index (κ2) is 8.30. The number of nitrogens with zero attached hydrogens (tertiary/aromatic N) is 3. The average Bonchev–Trinajstić information content (AvgIpc) is 2.78. The molecule has 0 unspecified atom stereocenters. The first-order chi connectivity index (χ1) is 15.6. The summed E-state index contributed by atoms with van der Waals surface area (Å²) in [6.07, 6.45) is 0. The van der Waals surface area contributed by atoms with Crippen LogP contribution in [0.5, 0.6) is 5.75 Å². The average molecular weight is 464 g/mol. The number of nitro benzene ring substituents is 1. The van der Waals surface area contributed by atoms with Crippen molar-refractivity contribution < 1.29 is 23.0 Å². The molecular formula is C22H16N4O6S. The maximum Gasteiger partial charge on any atom is 0.297 e. The Bertz CT molecular complexity index is 1540. The Morgan fingerprint density at radius 1 is 0.909 bits per heavy atom. The Morgan fingerprint density at radius 3 is 2.30 bits per heavy atom. The summed E-state index contributed by atoms with van der Waals surface area (Å²) >= 11 is 0. The van der Waals surface area contributed by atoms with Crippen molar-refractivity contribution in [1.29, 1.82) is 0 Å². The summed E-state index contributed by atoms with van der Waals surface area (Å²) < 4.78 is 33.5. The van der Waals surface area contributed by atoms with Gasteiger partial charge in [0.15, 0.2) is 11.4 Å². The summed E-state index contributed by atoms with van der Waals surface area (Å²) in [4.78, 5) is 10.3. The smallest absolute Gasteiger partial charge is 0.297 e. The third kappa shape index (κ3) is 4.35. The summed E-state index contributed by atoms with van der Waals surface area (Å²) in [6.45, 7) is 0. The minimum atomic E-state index is -4.82. The fraction of sp³-hybridized carbons (Fsp3) is 0. The highest BCUT2D eigenvalue weighted by Crippen LogP contribution is 2.42. The molecule has 166 valence electrons. The normalized spacial score (nSPS) is 11.8. The number of rotatable bonds is 5. The van der Waals surface area contributed by atoms with Gasteiger partial charge in [0.1, 0.15) is 10.6 Å². The van der Waals surface area contributed by atoms with Crippen LogP contribution in [0.1, 0.15) is 0 Å². The van der Waals surface area contributed by atoms with Gasteiger partial charge in [-0.1, -0.05) is 36.4 Å². The van der Waals surface area contributed by atoms with Crippen LogP contribution < -0.4 is 5.73 Å². The van der Waals surface area contributed by atoms with E-state index in [1.165, 1.54) is 30.3 Å². The van der Waals surface area contributed by atoms with E-state index in [1.807, 2.05) is 6.07 Å². The molecular weight excluding hydrogens is 448 g/mol. The van der Waals surface area contributed by atoms with Crippen LogP contribution in [0, 0.1) is 10.1 Å². The molecule has 0 spiro atoms. The first kappa shape index (κ1) is 21.9. The number of benzene rings is 4. The Kier molecular flexibility index (Phi) is 5.50. The number of fused-ring (bicyclic) bond motifs is 1. The van der Waals surface area contributed by atoms with Gasteiger partial charge in [-0.05, 0) is 46.8 Å². The third-order valence-corrected chi connectivity index (χ3v) is 5.76. The fourth-order valence-corrected chi connectivity index (χ4v) is 3.99. The van der Waals surface area contributed by atoms with Crippen LogP contribution in [-0.4, -0.2) is 23.0 Å². The quantitative estimate of drug-likeness (QED) is 0.117. The van der Waals surface area contributed by atoms with Crippen molar-refractivity contribution in [2.24, 2.45) is 10.2 Å². The lowest BCUT2D eigenvalue weighted by atomic mass is 10.0. The number of nitrogen functional groups attached to an aromatic ring is 1.